The van der Waals surface area contributed by atoms with Crippen LogP contribution in [-0.2, 0) is 9.59 Å². The highest BCUT2D eigenvalue weighted by molar-refractivity contribution is 6.33. The normalized spacial score (nSPS) is 16.0. The summed E-state index contributed by atoms with van der Waals surface area (Å²) in [7, 11) is 0. The fourth-order valence-electron chi connectivity index (χ4n) is 6.25. The molecule has 0 N–H and O–H groups in total. The lowest BCUT2D eigenvalue weighted by Gasteiger charge is -2.31. The van der Waals surface area contributed by atoms with E-state index in [2.05, 4.69) is 10.2 Å². The third kappa shape index (κ3) is 9.56. The van der Waals surface area contributed by atoms with Crippen LogP contribution in [0.4, 0.5) is 11.4 Å². The molecule has 0 bridgehead atoms. The van der Waals surface area contributed by atoms with Crippen molar-refractivity contribution in [2.24, 2.45) is 42.1 Å². The van der Waals surface area contributed by atoms with Gasteiger partial charge in [0.05, 0.1) is 21.4 Å². The first-order valence-electron chi connectivity index (χ1n) is 18.7. The number of ketones is 2. The maximum Gasteiger partial charge on any atom is 0.186 e. The van der Waals surface area contributed by atoms with Crippen LogP contribution in [0.25, 0.3) is 11.4 Å². The molecule has 5 rings (SSSR count). The number of benzene rings is 2. The second-order valence-electron chi connectivity index (χ2n) is 18.2. The number of pyridine rings is 1. The van der Waals surface area contributed by atoms with Gasteiger partial charge >= 0.3 is 0 Å². The molecule has 0 aliphatic heterocycles. The summed E-state index contributed by atoms with van der Waals surface area (Å²) in [5.74, 6) is -0.000775. The van der Waals surface area contributed by atoms with E-state index in [1.165, 1.54) is 0 Å². The molecular formula is C47H51Cl2N5O2. The number of Topliss-reactive ketones (excluding diaryl/α,β-unsaturated/α-hetero) is 2. The SMILES string of the molecule is CC(C)(C)C1=CC(=C(/N=N/c2ccccc2Cl)c2cccc(C(/N=N/c3ccccc3Cl)=C3C=C(C(C)(C)C)C(=O)C(C(C)(C)C)=C3)n2)C=C(C(C)(C)C)C1=O. The van der Waals surface area contributed by atoms with Crippen LogP contribution in [-0.4, -0.2) is 16.6 Å². The van der Waals surface area contributed by atoms with Gasteiger partial charge in [-0.1, -0.05) is 137 Å². The minimum absolute atomic E-state index is 0.000388. The van der Waals surface area contributed by atoms with Gasteiger partial charge in [0.15, 0.2) is 11.6 Å². The highest BCUT2D eigenvalue weighted by Crippen LogP contribution is 2.43. The smallest absolute Gasteiger partial charge is 0.186 e. The van der Waals surface area contributed by atoms with Crippen molar-refractivity contribution < 1.29 is 9.59 Å². The standard InChI is InChI=1S/C47H51Cl2N5O2/c1-44(2,3)30-24-28(25-31(42(30)55)45(4,5)6)40(53-51-36-20-15-13-18-34(36)48)38-22-17-23-39(50-38)41(54-52-37-21-16-14-19-35(37)49)29-26-32(46(7,8)9)43(56)33(27-29)47(10,11)12/h13-27H,1-12H3/b53-51+,54-52+. The molecule has 0 atom stereocenters. The van der Waals surface area contributed by atoms with Crippen LogP contribution in [0, 0.1) is 21.7 Å². The summed E-state index contributed by atoms with van der Waals surface area (Å²) in [5.41, 5.74) is 4.95. The van der Waals surface area contributed by atoms with Gasteiger partial charge in [0, 0.05) is 33.4 Å². The molecule has 290 valence electrons. The van der Waals surface area contributed by atoms with Crippen molar-refractivity contribution in [1.82, 2.24) is 4.98 Å². The van der Waals surface area contributed by atoms with Crippen molar-refractivity contribution in [3.63, 3.8) is 0 Å². The first-order valence-corrected chi connectivity index (χ1v) is 19.5. The van der Waals surface area contributed by atoms with Crippen LogP contribution in [0.15, 0.2) is 145 Å². The monoisotopic (exact) mass is 787 g/mol. The van der Waals surface area contributed by atoms with Gasteiger partial charge in [-0.2, -0.15) is 0 Å². The van der Waals surface area contributed by atoms with Crippen molar-refractivity contribution in [1.29, 1.82) is 0 Å². The third-order valence-electron chi connectivity index (χ3n) is 9.41. The van der Waals surface area contributed by atoms with E-state index in [0.717, 1.165) is 0 Å². The molecule has 2 aliphatic carbocycles. The number of hydrogen-bond acceptors (Lipinski definition) is 7. The molecule has 9 heteroatoms. The number of nitrogens with zero attached hydrogens (tertiary/aromatic N) is 5. The Hall–Kier alpha value is -4.85. The Balaban J connectivity index is 1.87. The topological polar surface area (TPSA) is 96.5 Å². The fourth-order valence-corrected chi connectivity index (χ4v) is 6.59. The van der Waals surface area contributed by atoms with Crippen molar-refractivity contribution in [3.05, 3.63) is 146 Å². The van der Waals surface area contributed by atoms with Crippen LogP contribution in [0.2, 0.25) is 10.0 Å². The van der Waals surface area contributed by atoms with Gasteiger partial charge in [-0.15, -0.1) is 20.5 Å². The number of azo groups is 2. The second-order valence-corrected chi connectivity index (χ2v) is 19.0. The number of carbonyl (C=O) groups is 2. The zero-order valence-electron chi connectivity index (χ0n) is 34.5. The lowest BCUT2D eigenvalue weighted by Crippen LogP contribution is -2.28. The predicted octanol–water partition coefficient (Wildman–Crippen LogP) is 14.4. The van der Waals surface area contributed by atoms with E-state index >= 15 is 0 Å². The van der Waals surface area contributed by atoms with Gasteiger partial charge in [-0.3, -0.25) is 9.59 Å². The van der Waals surface area contributed by atoms with Gasteiger partial charge in [-0.25, -0.2) is 4.98 Å². The number of aromatic nitrogens is 1. The zero-order valence-corrected chi connectivity index (χ0v) is 36.0. The molecule has 2 aromatic carbocycles. The van der Waals surface area contributed by atoms with E-state index in [1.807, 2.05) is 150 Å². The molecule has 0 spiro atoms. The van der Waals surface area contributed by atoms with Gasteiger partial charge in [0.2, 0.25) is 0 Å². The average Bonchev–Trinajstić information content (AvgIpc) is 3.09. The van der Waals surface area contributed by atoms with E-state index in [-0.39, 0.29) is 11.6 Å². The minimum atomic E-state index is -0.462. The molecule has 0 radical (unpaired) electrons. The fraction of sp³-hybridized carbons (Fsp3) is 0.340. The summed E-state index contributed by atoms with van der Waals surface area (Å²) >= 11 is 13.1. The quantitative estimate of drug-likeness (QED) is 0.233. The van der Waals surface area contributed by atoms with Crippen LogP contribution in [0.3, 0.4) is 0 Å². The van der Waals surface area contributed by atoms with Gasteiger partial charge in [-0.05, 0) is 82.4 Å². The van der Waals surface area contributed by atoms with E-state index < -0.39 is 21.7 Å². The predicted molar refractivity (Wildman–Crippen MR) is 230 cm³/mol. The molecule has 0 unspecified atom stereocenters. The molecule has 0 saturated heterocycles. The Morgan fingerprint density at radius 2 is 0.768 bits per heavy atom. The minimum Gasteiger partial charge on any atom is -0.289 e. The van der Waals surface area contributed by atoms with E-state index in [4.69, 9.17) is 38.4 Å². The van der Waals surface area contributed by atoms with E-state index in [9.17, 15) is 9.59 Å². The van der Waals surface area contributed by atoms with Crippen LogP contribution >= 0.6 is 23.2 Å². The zero-order chi connectivity index (χ0) is 41.4. The molecule has 3 aromatic rings. The van der Waals surface area contributed by atoms with Crippen molar-refractivity contribution in [2.45, 2.75) is 83.1 Å². The molecule has 1 heterocycles. The summed E-state index contributed by atoms with van der Waals surface area (Å²) in [6, 6.07) is 20.0. The molecule has 2 aliphatic rings. The lowest BCUT2D eigenvalue weighted by molar-refractivity contribution is -0.114. The molecule has 56 heavy (non-hydrogen) atoms. The Morgan fingerprint density at radius 3 is 1.05 bits per heavy atom. The second kappa shape index (κ2) is 16.0. The summed E-state index contributed by atoms with van der Waals surface area (Å²) in [4.78, 5) is 33.2. The van der Waals surface area contributed by atoms with E-state index in [1.54, 1.807) is 24.3 Å². The largest absolute Gasteiger partial charge is 0.289 e. The van der Waals surface area contributed by atoms with Gasteiger partial charge < -0.3 is 0 Å². The van der Waals surface area contributed by atoms with Crippen molar-refractivity contribution in [3.8, 4) is 0 Å². The first-order chi connectivity index (χ1) is 26.0. The lowest BCUT2D eigenvalue weighted by atomic mass is 9.71. The number of rotatable bonds is 6. The number of hydrogen-bond donors (Lipinski definition) is 0. The highest BCUT2D eigenvalue weighted by atomic mass is 35.5. The first kappa shape index (κ1) is 42.3. The van der Waals surface area contributed by atoms with Crippen LogP contribution < -0.4 is 0 Å². The summed E-state index contributed by atoms with van der Waals surface area (Å²) < 4.78 is 0. The van der Waals surface area contributed by atoms with Crippen LogP contribution in [0.1, 0.15) is 94.5 Å². The summed E-state index contributed by atoms with van der Waals surface area (Å²) in [6.45, 7) is 24.3. The summed E-state index contributed by atoms with van der Waals surface area (Å²) in [5, 5.41) is 19.8. The molecular weight excluding hydrogens is 737 g/mol. The Kier molecular flexibility index (Phi) is 12.0. The number of allylic oxidation sites excluding steroid dienone is 10. The third-order valence-corrected chi connectivity index (χ3v) is 10.1. The van der Waals surface area contributed by atoms with Crippen LogP contribution in [0.5, 0.6) is 0 Å². The Labute approximate surface area is 341 Å². The highest BCUT2D eigenvalue weighted by Gasteiger charge is 2.36. The summed E-state index contributed by atoms with van der Waals surface area (Å²) in [6.07, 6.45) is 7.58. The molecule has 1 aromatic heterocycles. The maximum atomic E-state index is 14.0. The van der Waals surface area contributed by atoms with E-state index in [0.29, 0.717) is 77.6 Å². The van der Waals surface area contributed by atoms with Gasteiger partial charge in [0.1, 0.15) is 22.8 Å². The molecule has 0 saturated carbocycles. The number of carbonyl (C=O) groups excluding carboxylic acids is 2. The Morgan fingerprint density at radius 1 is 0.464 bits per heavy atom. The molecule has 0 amide bonds. The number of halogens is 2. The van der Waals surface area contributed by atoms with Crippen molar-refractivity contribution in [2.75, 3.05) is 0 Å². The Bertz CT molecular complexity index is 2110. The van der Waals surface area contributed by atoms with Crippen molar-refractivity contribution >= 4 is 57.5 Å². The maximum absolute atomic E-state index is 14.0. The van der Waals surface area contributed by atoms with Gasteiger partial charge in [0.25, 0.3) is 0 Å². The molecule has 7 nitrogen and oxygen atoms in total. The average molecular weight is 789 g/mol. The molecule has 0 fully saturated rings.